The highest BCUT2D eigenvalue weighted by atomic mass is 19.2. The first-order valence-electron chi connectivity index (χ1n) is 10.4. The topological polar surface area (TPSA) is 18.5 Å². The Balaban J connectivity index is 1.53. The molecule has 1 aliphatic heterocycles. The maximum atomic E-state index is 14.9. The highest BCUT2D eigenvalue weighted by molar-refractivity contribution is 6.08. The summed E-state index contributed by atoms with van der Waals surface area (Å²) >= 11 is 0. The lowest BCUT2D eigenvalue weighted by Gasteiger charge is -2.28. The van der Waals surface area contributed by atoms with E-state index in [1.165, 1.54) is 18.2 Å². The molecule has 0 N–H and O–H groups in total. The predicted octanol–water partition coefficient (Wildman–Crippen LogP) is 6.14. The molecule has 0 spiro atoms. The Labute approximate surface area is 187 Å². The standard InChI is InChI=1S/C26H22BF3O2/c1-2-3-24-31-14-20(15-32-24)18-8-10-21(23(28)12-18)16-4-6-17(7-5-16)22-11-9-19(13-27)25(29)26(22)30/h2-12,20,24H,13-15H2,1H3/b3-2+. The number of benzene rings is 3. The minimum absolute atomic E-state index is 0.0446. The summed E-state index contributed by atoms with van der Waals surface area (Å²) in [7, 11) is 5.42. The fourth-order valence-electron chi connectivity index (χ4n) is 3.80. The predicted molar refractivity (Wildman–Crippen MR) is 120 cm³/mol. The molecule has 1 saturated heterocycles. The summed E-state index contributed by atoms with van der Waals surface area (Å²) in [4.78, 5) is 0. The van der Waals surface area contributed by atoms with E-state index in [9.17, 15) is 13.2 Å². The number of hydrogen-bond acceptors (Lipinski definition) is 2. The Kier molecular flexibility index (Phi) is 6.82. The van der Waals surface area contributed by atoms with Crippen molar-refractivity contribution in [2.75, 3.05) is 13.2 Å². The Hall–Kier alpha value is -2.83. The normalized spacial score (nSPS) is 18.9. The van der Waals surface area contributed by atoms with Crippen LogP contribution >= 0.6 is 0 Å². The zero-order chi connectivity index (χ0) is 22.7. The second-order valence-electron chi connectivity index (χ2n) is 7.68. The first-order valence-corrected chi connectivity index (χ1v) is 10.4. The lowest BCUT2D eigenvalue weighted by Crippen LogP contribution is -2.29. The van der Waals surface area contributed by atoms with Crippen LogP contribution in [0.5, 0.6) is 0 Å². The van der Waals surface area contributed by atoms with Crippen molar-refractivity contribution in [3.05, 3.63) is 95.3 Å². The van der Waals surface area contributed by atoms with E-state index in [0.29, 0.717) is 29.9 Å². The Morgan fingerprint density at radius 3 is 2.09 bits per heavy atom. The molecule has 2 nitrogen and oxygen atoms in total. The molecule has 3 aromatic rings. The van der Waals surface area contributed by atoms with Crippen LogP contribution < -0.4 is 0 Å². The molecular formula is C26H22BF3O2. The van der Waals surface area contributed by atoms with Crippen LogP contribution in [0.15, 0.2) is 66.7 Å². The maximum Gasteiger partial charge on any atom is 0.176 e. The summed E-state index contributed by atoms with van der Waals surface area (Å²) < 4.78 is 54.6. The van der Waals surface area contributed by atoms with Crippen LogP contribution in [0.2, 0.25) is 0 Å². The lowest BCUT2D eigenvalue weighted by atomic mass is 9.93. The fraction of sp³-hybridized carbons (Fsp3) is 0.231. The summed E-state index contributed by atoms with van der Waals surface area (Å²) in [6.45, 7) is 2.80. The number of hydrogen-bond donors (Lipinski definition) is 0. The summed E-state index contributed by atoms with van der Waals surface area (Å²) in [5.74, 6) is -2.29. The minimum Gasteiger partial charge on any atom is -0.348 e. The van der Waals surface area contributed by atoms with Gasteiger partial charge >= 0.3 is 0 Å². The van der Waals surface area contributed by atoms with E-state index in [-0.39, 0.29) is 35.5 Å². The molecular weight excluding hydrogens is 412 g/mol. The van der Waals surface area contributed by atoms with Gasteiger partial charge in [0.2, 0.25) is 0 Å². The molecule has 1 aliphatic rings. The van der Waals surface area contributed by atoms with Crippen LogP contribution in [0, 0.1) is 17.5 Å². The van der Waals surface area contributed by atoms with E-state index >= 15 is 0 Å². The molecule has 2 radical (unpaired) electrons. The summed E-state index contributed by atoms with van der Waals surface area (Å²) in [6.07, 6.45) is 3.26. The van der Waals surface area contributed by atoms with Gasteiger partial charge in [0.25, 0.3) is 0 Å². The highest BCUT2D eigenvalue weighted by Gasteiger charge is 2.23. The average Bonchev–Trinajstić information content (AvgIpc) is 2.82. The molecule has 0 bridgehead atoms. The molecule has 1 fully saturated rings. The third kappa shape index (κ3) is 4.52. The molecule has 0 unspecified atom stereocenters. The van der Waals surface area contributed by atoms with Gasteiger partial charge in [0.05, 0.1) is 21.1 Å². The van der Waals surface area contributed by atoms with E-state index in [4.69, 9.17) is 17.3 Å². The van der Waals surface area contributed by atoms with Gasteiger partial charge in [-0.05, 0) is 41.3 Å². The number of allylic oxidation sites excluding steroid dienone is 1. The Morgan fingerprint density at radius 2 is 1.50 bits per heavy atom. The van der Waals surface area contributed by atoms with Crippen LogP contribution in [-0.4, -0.2) is 27.4 Å². The molecule has 0 aliphatic carbocycles. The van der Waals surface area contributed by atoms with Crippen LogP contribution in [0.3, 0.4) is 0 Å². The van der Waals surface area contributed by atoms with Crippen LogP contribution in [0.4, 0.5) is 13.2 Å². The van der Waals surface area contributed by atoms with Gasteiger partial charge in [-0.1, -0.05) is 60.9 Å². The van der Waals surface area contributed by atoms with Crippen molar-refractivity contribution in [2.45, 2.75) is 25.5 Å². The molecule has 0 aromatic heterocycles. The lowest BCUT2D eigenvalue weighted by molar-refractivity contribution is -0.159. The van der Waals surface area contributed by atoms with Crippen molar-refractivity contribution in [1.82, 2.24) is 0 Å². The third-order valence-electron chi connectivity index (χ3n) is 5.63. The van der Waals surface area contributed by atoms with Crippen molar-refractivity contribution in [1.29, 1.82) is 0 Å². The van der Waals surface area contributed by atoms with Crippen LogP contribution in [0.1, 0.15) is 24.0 Å². The summed E-state index contributed by atoms with van der Waals surface area (Å²) in [6, 6.07) is 14.7. The molecule has 32 heavy (non-hydrogen) atoms. The van der Waals surface area contributed by atoms with E-state index < -0.39 is 11.6 Å². The maximum absolute atomic E-state index is 14.9. The molecule has 1 heterocycles. The van der Waals surface area contributed by atoms with E-state index in [2.05, 4.69) is 0 Å². The molecule has 0 amide bonds. The second-order valence-corrected chi connectivity index (χ2v) is 7.68. The molecule has 4 rings (SSSR count). The molecule has 3 aromatic carbocycles. The SMILES string of the molecule is [B]Cc1ccc(-c2ccc(-c3ccc(C4COC(/C=C/C)OC4)cc3F)cc2)c(F)c1F. The van der Waals surface area contributed by atoms with E-state index in [1.54, 1.807) is 30.3 Å². The third-order valence-corrected chi connectivity index (χ3v) is 5.63. The highest BCUT2D eigenvalue weighted by Crippen LogP contribution is 2.32. The second kappa shape index (κ2) is 9.76. The van der Waals surface area contributed by atoms with Gasteiger partial charge in [0.15, 0.2) is 17.9 Å². The Morgan fingerprint density at radius 1 is 0.875 bits per heavy atom. The van der Waals surface area contributed by atoms with Gasteiger partial charge in [-0.25, -0.2) is 13.2 Å². The average molecular weight is 434 g/mol. The van der Waals surface area contributed by atoms with Gasteiger partial charge in [0.1, 0.15) is 5.82 Å². The van der Waals surface area contributed by atoms with Crippen LogP contribution in [0.25, 0.3) is 22.3 Å². The molecule has 6 heteroatoms. The summed E-state index contributed by atoms with van der Waals surface area (Å²) in [5, 5.41) is 0. The van der Waals surface area contributed by atoms with Gasteiger partial charge in [0, 0.05) is 17.0 Å². The quantitative estimate of drug-likeness (QED) is 0.355. The van der Waals surface area contributed by atoms with Crippen molar-refractivity contribution >= 4 is 7.85 Å². The zero-order valence-electron chi connectivity index (χ0n) is 17.7. The number of ether oxygens (including phenoxy) is 2. The van der Waals surface area contributed by atoms with E-state index in [0.717, 1.165) is 5.56 Å². The number of rotatable bonds is 5. The molecule has 0 saturated carbocycles. The van der Waals surface area contributed by atoms with Gasteiger partial charge in [-0.15, -0.1) is 0 Å². The first-order chi connectivity index (χ1) is 15.5. The minimum atomic E-state index is -0.941. The largest absolute Gasteiger partial charge is 0.348 e. The van der Waals surface area contributed by atoms with E-state index in [1.807, 2.05) is 25.1 Å². The number of halogens is 3. The fourth-order valence-corrected chi connectivity index (χ4v) is 3.80. The monoisotopic (exact) mass is 434 g/mol. The van der Waals surface area contributed by atoms with Gasteiger partial charge < -0.3 is 9.47 Å². The Bertz CT molecular complexity index is 1120. The smallest absolute Gasteiger partial charge is 0.176 e. The van der Waals surface area contributed by atoms with Crippen LogP contribution in [-0.2, 0) is 15.8 Å². The van der Waals surface area contributed by atoms with Crippen molar-refractivity contribution < 1.29 is 22.6 Å². The van der Waals surface area contributed by atoms with Crippen molar-refractivity contribution in [3.8, 4) is 22.3 Å². The van der Waals surface area contributed by atoms with Gasteiger partial charge in [-0.3, -0.25) is 0 Å². The van der Waals surface area contributed by atoms with Gasteiger partial charge in [-0.2, -0.15) is 0 Å². The zero-order valence-corrected chi connectivity index (χ0v) is 17.7. The molecule has 0 atom stereocenters. The van der Waals surface area contributed by atoms with Crippen molar-refractivity contribution in [3.63, 3.8) is 0 Å². The summed E-state index contributed by atoms with van der Waals surface area (Å²) in [5.41, 5.74) is 2.63. The first kappa shape index (κ1) is 22.4. The molecule has 162 valence electrons. The van der Waals surface area contributed by atoms with Crippen molar-refractivity contribution in [2.24, 2.45) is 0 Å².